The van der Waals surface area contributed by atoms with Gasteiger partial charge in [-0.25, -0.2) is 4.79 Å². The summed E-state index contributed by atoms with van der Waals surface area (Å²) in [6.07, 6.45) is 3.29. The maximum absolute atomic E-state index is 12.2. The number of nitrogens with one attached hydrogen (secondary N) is 1. The number of rotatable bonds is 4. The van der Waals surface area contributed by atoms with Crippen LogP contribution in [0, 0.1) is 11.3 Å². The predicted molar refractivity (Wildman–Crippen MR) is 80.9 cm³/mol. The van der Waals surface area contributed by atoms with Crippen molar-refractivity contribution in [3.05, 3.63) is 35.9 Å². The van der Waals surface area contributed by atoms with Crippen molar-refractivity contribution in [2.75, 3.05) is 0 Å². The second kappa shape index (κ2) is 7.08. The van der Waals surface area contributed by atoms with E-state index in [0.29, 0.717) is 18.4 Å². The summed E-state index contributed by atoms with van der Waals surface area (Å²) in [6, 6.07) is 10.7. The molecule has 1 saturated carbocycles. The van der Waals surface area contributed by atoms with Crippen LogP contribution in [-0.2, 0) is 9.53 Å². The molecule has 1 aromatic rings. The number of ether oxygens (including phenoxy) is 1. The first-order chi connectivity index (χ1) is 10.6. The van der Waals surface area contributed by atoms with Gasteiger partial charge in [-0.15, -0.1) is 0 Å². The number of hydrogen-bond donors (Lipinski definition) is 1. The Bertz CT molecular complexity index is 571. The van der Waals surface area contributed by atoms with Gasteiger partial charge in [0.25, 0.3) is 5.91 Å². The van der Waals surface area contributed by atoms with Crippen LogP contribution in [0.25, 0.3) is 0 Å². The number of nitriles is 1. The monoisotopic (exact) mass is 300 g/mol. The van der Waals surface area contributed by atoms with Crippen molar-refractivity contribution < 1.29 is 14.3 Å². The molecule has 0 spiro atoms. The lowest BCUT2D eigenvalue weighted by Crippen LogP contribution is -2.52. The Morgan fingerprint density at radius 1 is 1.23 bits per heavy atom. The molecule has 1 unspecified atom stereocenters. The molecule has 1 aromatic carbocycles. The topological polar surface area (TPSA) is 79.2 Å². The Balaban J connectivity index is 1.94. The molecule has 0 bridgehead atoms. The van der Waals surface area contributed by atoms with E-state index >= 15 is 0 Å². The Labute approximate surface area is 130 Å². The molecule has 116 valence electrons. The average Bonchev–Trinajstić information content (AvgIpc) is 2.56. The smallest absolute Gasteiger partial charge is 0.338 e. The zero-order valence-electron chi connectivity index (χ0n) is 12.7. The van der Waals surface area contributed by atoms with Crippen molar-refractivity contribution >= 4 is 11.9 Å². The molecule has 0 heterocycles. The Hall–Kier alpha value is -2.35. The molecule has 0 saturated heterocycles. The number of carbonyl (C=O) groups excluding carboxylic acids is 2. The molecule has 1 aliphatic rings. The second-order valence-electron chi connectivity index (χ2n) is 5.66. The zero-order chi connectivity index (χ0) is 16.0. The van der Waals surface area contributed by atoms with Gasteiger partial charge >= 0.3 is 5.97 Å². The minimum absolute atomic E-state index is 0.398. The molecular weight excluding hydrogens is 280 g/mol. The summed E-state index contributed by atoms with van der Waals surface area (Å²) in [6.45, 7) is 1.52. The fourth-order valence-electron chi connectivity index (χ4n) is 2.61. The van der Waals surface area contributed by atoms with Crippen LogP contribution in [-0.4, -0.2) is 23.5 Å². The minimum Gasteiger partial charge on any atom is -0.449 e. The number of esters is 1. The lowest BCUT2D eigenvalue weighted by atomic mass is 9.83. The molecule has 1 N–H and O–H groups in total. The molecule has 2 rings (SSSR count). The molecular formula is C17H20N2O3. The van der Waals surface area contributed by atoms with Crippen molar-refractivity contribution in [3.63, 3.8) is 0 Å². The third-order valence-corrected chi connectivity index (χ3v) is 3.95. The molecule has 5 heteroatoms. The van der Waals surface area contributed by atoms with E-state index < -0.39 is 23.5 Å². The van der Waals surface area contributed by atoms with Gasteiger partial charge < -0.3 is 10.1 Å². The highest BCUT2D eigenvalue weighted by Gasteiger charge is 2.35. The molecule has 1 atom stereocenters. The first-order valence-corrected chi connectivity index (χ1v) is 7.56. The molecule has 1 amide bonds. The van der Waals surface area contributed by atoms with E-state index in [4.69, 9.17) is 4.74 Å². The summed E-state index contributed by atoms with van der Waals surface area (Å²) in [7, 11) is 0. The largest absolute Gasteiger partial charge is 0.449 e. The van der Waals surface area contributed by atoms with E-state index in [-0.39, 0.29) is 0 Å². The van der Waals surface area contributed by atoms with Crippen LogP contribution < -0.4 is 5.32 Å². The third kappa shape index (κ3) is 3.85. The summed E-state index contributed by atoms with van der Waals surface area (Å²) in [5.41, 5.74) is -0.419. The van der Waals surface area contributed by atoms with Gasteiger partial charge in [0.1, 0.15) is 5.54 Å². The Morgan fingerprint density at radius 3 is 2.45 bits per heavy atom. The third-order valence-electron chi connectivity index (χ3n) is 3.95. The van der Waals surface area contributed by atoms with E-state index in [2.05, 4.69) is 11.4 Å². The maximum atomic E-state index is 12.2. The first kappa shape index (κ1) is 16.0. The predicted octanol–water partition coefficient (Wildman–Crippen LogP) is 2.57. The van der Waals surface area contributed by atoms with Gasteiger partial charge in [-0.05, 0) is 31.9 Å². The van der Waals surface area contributed by atoms with Gasteiger partial charge in [-0.3, -0.25) is 4.79 Å². The molecule has 0 radical (unpaired) electrons. The van der Waals surface area contributed by atoms with Gasteiger partial charge in [0.2, 0.25) is 0 Å². The lowest BCUT2D eigenvalue weighted by molar-refractivity contribution is -0.130. The van der Waals surface area contributed by atoms with Crippen LogP contribution in [0.1, 0.15) is 49.4 Å². The Kier molecular flexibility index (Phi) is 5.16. The average molecular weight is 300 g/mol. The highest BCUT2D eigenvalue weighted by atomic mass is 16.5. The van der Waals surface area contributed by atoms with Crippen LogP contribution in [0.15, 0.2) is 30.3 Å². The molecule has 1 aliphatic carbocycles. The van der Waals surface area contributed by atoms with Gasteiger partial charge in [0.15, 0.2) is 6.10 Å². The molecule has 22 heavy (non-hydrogen) atoms. The van der Waals surface area contributed by atoms with Crippen molar-refractivity contribution in [1.82, 2.24) is 5.32 Å². The summed E-state index contributed by atoms with van der Waals surface area (Å²) in [5, 5.41) is 12.1. The van der Waals surface area contributed by atoms with Crippen molar-refractivity contribution in [2.24, 2.45) is 0 Å². The van der Waals surface area contributed by atoms with Gasteiger partial charge in [-0.2, -0.15) is 5.26 Å². The van der Waals surface area contributed by atoms with Crippen molar-refractivity contribution in [3.8, 4) is 6.07 Å². The lowest BCUT2D eigenvalue weighted by Gasteiger charge is -2.32. The summed E-state index contributed by atoms with van der Waals surface area (Å²) in [5.74, 6) is -0.967. The number of benzene rings is 1. The molecule has 1 fully saturated rings. The van der Waals surface area contributed by atoms with Crippen LogP contribution >= 0.6 is 0 Å². The first-order valence-electron chi connectivity index (χ1n) is 7.56. The van der Waals surface area contributed by atoms with Crippen molar-refractivity contribution in [2.45, 2.75) is 50.7 Å². The van der Waals surface area contributed by atoms with E-state index in [0.717, 1.165) is 19.3 Å². The number of nitrogens with zero attached hydrogens (tertiary/aromatic N) is 1. The van der Waals surface area contributed by atoms with E-state index in [9.17, 15) is 14.9 Å². The van der Waals surface area contributed by atoms with Gasteiger partial charge in [0.05, 0.1) is 11.6 Å². The highest BCUT2D eigenvalue weighted by Crippen LogP contribution is 2.27. The fourth-order valence-corrected chi connectivity index (χ4v) is 2.61. The van der Waals surface area contributed by atoms with Gasteiger partial charge in [-0.1, -0.05) is 37.5 Å². The van der Waals surface area contributed by atoms with Crippen LogP contribution in [0.4, 0.5) is 0 Å². The summed E-state index contributed by atoms with van der Waals surface area (Å²) in [4.78, 5) is 24.1. The Morgan fingerprint density at radius 2 is 1.86 bits per heavy atom. The number of carbonyl (C=O) groups is 2. The molecule has 5 nitrogen and oxygen atoms in total. The molecule has 0 aromatic heterocycles. The van der Waals surface area contributed by atoms with Crippen LogP contribution in [0.3, 0.4) is 0 Å². The standard InChI is InChI=1S/C17H20N2O3/c1-13(22-16(21)14-8-4-2-5-9-14)15(20)19-17(12-18)10-6-3-7-11-17/h2,4-5,8-9,13H,3,6-7,10-11H2,1H3,(H,19,20). The summed E-state index contributed by atoms with van der Waals surface area (Å²) >= 11 is 0. The fraction of sp³-hybridized carbons (Fsp3) is 0.471. The summed E-state index contributed by atoms with van der Waals surface area (Å²) < 4.78 is 5.17. The number of amides is 1. The zero-order valence-corrected chi connectivity index (χ0v) is 12.7. The van der Waals surface area contributed by atoms with E-state index in [1.165, 1.54) is 6.92 Å². The SMILES string of the molecule is CC(OC(=O)c1ccccc1)C(=O)NC1(C#N)CCCCC1. The maximum Gasteiger partial charge on any atom is 0.338 e. The second-order valence-corrected chi connectivity index (χ2v) is 5.66. The quantitative estimate of drug-likeness (QED) is 0.867. The van der Waals surface area contributed by atoms with Crippen LogP contribution in [0.2, 0.25) is 0 Å². The van der Waals surface area contributed by atoms with E-state index in [1.807, 2.05) is 0 Å². The number of hydrogen-bond acceptors (Lipinski definition) is 4. The van der Waals surface area contributed by atoms with Crippen molar-refractivity contribution in [1.29, 1.82) is 5.26 Å². The minimum atomic E-state index is -0.931. The molecule has 0 aliphatic heterocycles. The van der Waals surface area contributed by atoms with E-state index in [1.54, 1.807) is 30.3 Å². The van der Waals surface area contributed by atoms with Gasteiger partial charge in [0, 0.05) is 0 Å². The highest BCUT2D eigenvalue weighted by molar-refractivity contribution is 5.92. The normalized spacial score (nSPS) is 17.8. The van der Waals surface area contributed by atoms with Crippen LogP contribution in [0.5, 0.6) is 0 Å².